The Kier molecular flexibility index (Phi) is 4.61. The Morgan fingerprint density at radius 2 is 2.28 bits per heavy atom. The zero-order valence-electron chi connectivity index (χ0n) is 11.8. The molecule has 0 saturated carbocycles. The smallest absolute Gasteiger partial charge is 0.0366 e. The van der Waals surface area contributed by atoms with Crippen molar-refractivity contribution in [2.75, 3.05) is 45.2 Å². The molecule has 1 unspecified atom stereocenters. The molecule has 1 aromatic carbocycles. The molecule has 1 heterocycles. The number of hydrogen-bond donors (Lipinski definition) is 1. The summed E-state index contributed by atoms with van der Waals surface area (Å²) in [5, 5.41) is 3.60. The van der Waals surface area contributed by atoms with Gasteiger partial charge in [0.2, 0.25) is 0 Å². The number of rotatable bonds is 4. The van der Waals surface area contributed by atoms with Crippen LogP contribution in [0.1, 0.15) is 12.0 Å². The monoisotopic (exact) mass is 247 g/mol. The highest BCUT2D eigenvalue weighted by Gasteiger charge is 2.16. The van der Waals surface area contributed by atoms with Crippen molar-refractivity contribution in [2.24, 2.45) is 0 Å². The summed E-state index contributed by atoms with van der Waals surface area (Å²) in [6.45, 7) is 6.71. The van der Waals surface area contributed by atoms with E-state index in [9.17, 15) is 0 Å². The molecule has 1 aliphatic rings. The summed E-state index contributed by atoms with van der Waals surface area (Å²) >= 11 is 0. The van der Waals surface area contributed by atoms with Crippen LogP contribution >= 0.6 is 0 Å². The van der Waals surface area contributed by atoms with Gasteiger partial charge in [0.25, 0.3) is 0 Å². The van der Waals surface area contributed by atoms with E-state index in [2.05, 4.69) is 60.4 Å². The molecule has 0 aliphatic carbocycles. The molecular formula is C15H25N3. The maximum absolute atomic E-state index is 3.60. The molecular weight excluding hydrogens is 222 g/mol. The van der Waals surface area contributed by atoms with E-state index >= 15 is 0 Å². The molecule has 0 amide bonds. The largest absolute Gasteiger partial charge is 0.375 e. The second kappa shape index (κ2) is 6.21. The molecule has 1 aliphatic heterocycles. The maximum atomic E-state index is 3.60. The number of likely N-dealkylation sites (N-methyl/N-ethyl adjacent to an activating group) is 1. The van der Waals surface area contributed by atoms with Gasteiger partial charge in [-0.2, -0.15) is 0 Å². The van der Waals surface area contributed by atoms with E-state index in [1.807, 2.05) is 0 Å². The van der Waals surface area contributed by atoms with Gasteiger partial charge < -0.3 is 15.1 Å². The Hall–Kier alpha value is -1.06. The first-order chi connectivity index (χ1) is 8.65. The van der Waals surface area contributed by atoms with Crippen LogP contribution in [0.15, 0.2) is 24.3 Å². The van der Waals surface area contributed by atoms with Crippen molar-refractivity contribution in [3.63, 3.8) is 0 Å². The minimum atomic E-state index is 0.635. The van der Waals surface area contributed by atoms with Gasteiger partial charge in [-0.25, -0.2) is 0 Å². The van der Waals surface area contributed by atoms with Crippen LogP contribution in [0, 0.1) is 6.92 Å². The van der Waals surface area contributed by atoms with Gasteiger partial charge in [0.05, 0.1) is 0 Å². The highest BCUT2D eigenvalue weighted by Crippen LogP contribution is 2.15. The lowest BCUT2D eigenvalue weighted by Crippen LogP contribution is -2.49. The van der Waals surface area contributed by atoms with Gasteiger partial charge in [-0.15, -0.1) is 0 Å². The van der Waals surface area contributed by atoms with Crippen LogP contribution < -0.4 is 10.2 Å². The zero-order chi connectivity index (χ0) is 13.0. The van der Waals surface area contributed by atoms with Gasteiger partial charge in [-0.3, -0.25) is 0 Å². The Labute approximate surface area is 111 Å². The average Bonchev–Trinajstić information content (AvgIpc) is 2.36. The van der Waals surface area contributed by atoms with Gasteiger partial charge in [-0.1, -0.05) is 12.1 Å². The standard InChI is InChI=1S/C15H25N3/c1-13-5-4-6-15(11-13)18(3)9-7-14-12-17(2)10-8-16-14/h4-6,11,14,16H,7-10,12H2,1-3H3. The molecule has 1 saturated heterocycles. The van der Waals surface area contributed by atoms with Crippen molar-refractivity contribution in [1.29, 1.82) is 0 Å². The second-order valence-corrected chi connectivity index (χ2v) is 5.46. The highest BCUT2D eigenvalue weighted by molar-refractivity contribution is 5.47. The van der Waals surface area contributed by atoms with Crippen LogP contribution in [0.5, 0.6) is 0 Å². The molecule has 0 spiro atoms. The topological polar surface area (TPSA) is 18.5 Å². The normalized spacial score (nSPS) is 20.9. The van der Waals surface area contributed by atoms with E-state index in [0.717, 1.165) is 13.1 Å². The summed E-state index contributed by atoms with van der Waals surface area (Å²) in [6.07, 6.45) is 1.20. The number of aryl methyl sites for hydroxylation is 1. The molecule has 18 heavy (non-hydrogen) atoms. The lowest BCUT2D eigenvalue weighted by Gasteiger charge is -2.32. The lowest BCUT2D eigenvalue weighted by molar-refractivity contribution is 0.233. The summed E-state index contributed by atoms with van der Waals surface area (Å²) in [4.78, 5) is 4.76. The molecule has 1 atom stereocenters. The molecule has 0 aromatic heterocycles. The zero-order valence-corrected chi connectivity index (χ0v) is 11.8. The third-order valence-electron chi connectivity index (χ3n) is 3.71. The first-order valence-electron chi connectivity index (χ1n) is 6.85. The number of piperazine rings is 1. The van der Waals surface area contributed by atoms with Gasteiger partial charge in [0.1, 0.15) is 0 Å². The third-order valence-corrected chi connectivity index (χ3v) is 3.71. The number of nitrogens with one attached hydrogen (secondary N) is 1. The Morgan fingerprint density at radius 1 is 1.44 bits per heavy atom. The van der Waals surface area contributed by atoms with Crippen molar-refractivity contribution in [2.45, 2.75) is 19.4 Å². The predicted octanol–water partition coefficient (Wildman–Crippen LogP) is 1.72. The second-order valence-electron chi connectivity index (χ2n) is 5.46. The van der Waals surface area contributed by atoms with Gasteiger partial charge in [0, 0.05) is 45.0 Å². The van der Waals surface area contributed by atoms with Crippen LogP contribution in [0.4, 0.5) is 5.69 Å². The molecule has 1 N–H and O–H groups in total. The number of benzene rings is 1. The van der Waals surface area contributed by atoms with E-state index in [1.165, 1.54) is 30.8 Å². The number of nitrogens with zero attached hydrogens (tertiary/aromatic N) is 2. The molecule has 0 bridgehead atoms. The van der Waals surface area contributed by atoms with Crippen molar-refractivity contribution in [3.05, 3.63) is 29.8 Å². The fourth-order valence-corrected chi connectivity index (χ4v) is 2.53. The predicted molar refractivity (Wildman–Crippen MR) is 78.4 cm³/mol. The molecule has 1 fully saturated rings. The summed E-state index contributed by atoms with van der Waals surface area (Å²) in [7, 11) is 4.39. The SMILES string of the molecule is Cc1cccc(N(C)CCC2CN(C)CCN2)c1. The van der Waals surface area contributed by atoms with Crippen molar-refractivity contribution in [1.82, 2.24) is 10.2 Å². The van der Waals surface area contributed by atoms with E-state index in [-0.39, 0.29) is 0 Å². The molecule has 100 valence electrons. The Bertz CT molecular complexity index is 378. The van der Waals surface area contributed by atoms with E-state index in [0.29, 0.717) is 6.04 Å². The molecule has 0 radical (unpaired) electrons. The lowest BCUT2D eigenvalue weighted by atomic mass is 10.1. The van der Waals surface area contributed by atoms with Crippen molar-refractivity contribution < 1.29 is 0 Å². The van der Waals surface area contributed by atoms with E-state index < -0.39 is 0 Å². The van der Waals surface area contributed by atoms with E-state index in [4.69, 9.17) is 0 Å². The van der Waals surface area contributed by atoms with Crippen LogP contribution in [0.3, 0.4) is 0 Å². The van der Waals surface area contributed by atoms with Crippen LogP contribution in [-0.2, 0) is 0 Å². The number of anilines is 1. The van der Waals surface area contributed by atoms with Crippen LogP contribution in [0.25, 0.3) is 0 Å². The highest BCUT2D eigenvalue weighted by atomic mass is 15.2. The van der Waals surface area contributed by atoms with Crippen LogP contribution in [0.2, 0.25) is 0 Å². The molecule has 1 aromatic rings. The Balaban J connectivity index is 1.82. The van der Waals surface area contributed by atoms with Gasteiger partial charge >= 0.3 is 0 Å². The van der Waals surface area contributed by atoms with Gasteiger partial charge in [0.15, 0.2) is 0 Å². The average molecular weight is 247 g/mol. The summed E-state index contributed by atoms with van der Waals surface area (Å²) in [6, 6.07) is 9.35. The van der Waals surface area contributed by atoms with Crippen LogP contribution in [-0.4, -0.2) is 51.2 Å². The summed E-state index contributed by atoms with van der Waals surface area (Å²) in [5.74, 6) is 0. The van der Waals surface area contributed by atoms with Crippen molar-refractivity contribution in [3.8, 4) is 0 Å². The maximum Gasteiger partial charge on any atom is 0.0366 e. The molecule has 2 rings (SSSR count). The first kappa shape index (κ1) is 13.4. The van der Waals surface area contributed by atoms with Crippen molar-refractivity contribution >= 4 is 5.69 Å². The third kappa shape index (κ3) is 3.72. The number of hydrogen-bond acceptors (Lipinski definition) is 3. The molecule has 3 nitrogen and oxygen atoms in total. The molecule has 3 heteroatoms. The minimum absolute atomic E-state index is 0.635. The van der Waals surface area contributed by atoms with E-state index in [1.54, 1.807) is 0 Å². The fraction of sp³-hybridized carbons (Fsp3) is 0.600. The Morgan fingerprint density at radius 3 is 3.00 bits per heavy atom. The fourth-order valence-electron chi connectivity index (χ4n) is 2.53. The quantitative estimate of drug-likeness (QED) is 0.874. The first-order valence-corrected chi connectivity index (χ1v) is 6.85. The summed E-state index contributed by atoms with van der Waals surface area (Å²) < 4.78 is 0. The summed E-state index contributed by atoms with van der Waals surface area (Å²) in [5.41, 5.74) is 2.65. The van der Waals surface area contributed by atoms with Gasteiger partial charge in [-0.05, 0) is 38.1 Å². The minimum Gasteiger partial charge on any atom is -0.375 e.